The molecule has 0 aliphatic carbocycles. The second-order valence-corrected chi connectivity index (χ2v) is 4.68. The van der Waals surface area contributed by atoms with Crippen molar-refractivity contribution in [1.82, 2.24) is 15.0 Å². The van der Waals surface area contributed by atoms with E-state index in [-0.39, 0.29) is 5.88 Å². The van der Waals surface area contributed by atoms with Crippen molar-refractivity contribution in [3.05, 3.63) is 41.3 Å². The summed E-state index contributed by atoms with van der Waals surface area (Å²) in [4.78, 5) is 12.3. The summed E-state index contributed by atoms with van der Waals surface area (Å²) in [5, 5.41) is 9.96. The highest BCUT2D eigenvalue weighted by atomic mass is 32.2. The summed E-state index contributed by atoms with van der Waals surface area (Å²) in [7, 11) is 0. The Morgan fingerprint density at radius 1 is 1.29 bits per heavy atom. The average molecular weight is 247 g/mol. The minimum absolute atomic E-state index is 0.0166. The molecule has 0 amide bonds. The molecule has 0 spiro atoms. The third kappa shape index (κ3) is 3.17. The Hall–Kier alpha value is -1.62. The van der Waals surface area contributed by atoms with E-state index < -0.39 is 0 Å². The van der Waals surface area contributed by atoms with Gasteiger partial charge in [0.25, 0.3) is 0 Å². The molecule has 0 saturated heterocycles. The van der Waals surface area contributed by atoms with Gasteiger partial charge < -0.3 is 5.11 Å². The van der Waals surface area contributed by atoms with Crippen LogP contribution in [0.1, 0.15) is 16.8 Å². The van der Waals surface area contributed by atoms with Crippen LogP contribution >= 0.6 is 11.8 Å². The SMILES string of the molecule is Cc1cc(O)nc(SCc2cnccc2C)n1. The Balaban J connectivity index is 2.10. The van der Waals surface area contributed by atoms with Gasteiger partial charge in [-0.25, -0.2) is 4.98 Å². The van der Waals surface area contributed by atoms with Crippen LogP contribution in [0.4, 0.5) is 0 Å². The number of aromatic hydroxyl groups is 1. The predicted molar refractivity (Wildman–Crippen MR) is 67.0 cm³/mol. The molecule has 0 unspecified atom stereocenters. The van der Waals surface area contributed by atoms with Gasteiger partial charge in [-0.1, -0.05) is 11.8 Å². The minimum atomic E-state index is 0.0166. The van der Waals surface area contributed by atoms with E-state index in [4.69, 9.17) is 0 Å². The molecule has 0 atom stereocenters. The molecule has 2 heterocycles. The first-order valence-electron chi connectivity index (χ1n) is 5.22. The summed E-state index contributed by atoms with van der Waals surface area (Å²) in [5.41, 5.74) is 3.12. The molecule has 2 aromatic rings. The van der Waals surface area contributed by atoms with Crippen LogP contribution in [-0.2, 0) is 5.75 Å². The molecule has 0 fully saturated rings. The molecule has 2 rings (SSSR count). The highest BCUT2D eigenvalue weighted by Gasteiger charge is 2.04. The van der Waals surface area contributed by atoms with Gasteiger partial charge in [0, 0.05) is 29.9 Å². The number of pyridine rings is 1. The lowest BCUT2D eigenvalue weighted by Gasteiger charge is -2.04. The fourth-order valence-corrected chi connectivity index (χ4v) is 2.33. The quantitative estimate of drug-likeness (QED) is 0.667. The van der Waals surface area contributed by atoms with Crippen LogP contribution in [0.2, 0.25) is 0 Å². The molecule has 88 valence electrons. The van der Waals surface area contributed by atoms with Gasteiger partial charge >= 0.3 is 0 Å². The summed E-state index contributed by atoms with van der Waals surface area (Å²) in [5.74, 6) is 0.769. The van der Waals surface area contributed by atoms with E-state index in [1.54, 1.807) is 12.3 Å². The van der Waals surface area contributed by atoms with Gasteiger partial charge in [0.1, 0.15) is 0 Å². The Morgan fingerprint density at radius 2 is 2.12 bits per heavy atom. The van der Waals surface area contributed by atoms with Crippen LogP contribution in [0, 0.1) is 13.8 Å². The summed E-state index contributed by atoms with van der Waals surface area (Å²) < 4.78 is 0. The van der Waals surface area contributed by atoms with Crippen molar-refractivity contribution in [1.29, 1.82) is 0 Å². The summed E-state index contributed by atoms with van der Waals surface area (Å²) >= 11 is 1.49. The molecule has 0 saturated carbocycles. The van der Waals surface area contributed by atoms with Crippen molar-refractivity contribution in [3.8, 4) is 5.88 Å². The van der Waals surface area contributed by atoms with E-state index in [1.165, 1.54) is 17.3 Å². The number of hydrogen-bond donors (Lipinski definition) is 1. The third-order valence-corrected chi connectivity index (χ3v) is 3.22. The van der Waals surface area contributed by atoms with Crippen molar-refractivity contribution in [2.24, 2.45) is 0 Å². The highest BCUT2D eigenvalue weighted by molar-refractivity contribution is 7.98. The van der Waals surface area contributed by atoms with E-state index >= 15 is 0 Å². The molecule has 0 aliphatic rings. The lowest BCUT2D eigenvalue weighted by Crippen LogP contribution is -1.92. The molecule has 17 heavy (non-hydrogen) atoms. The number of aryl methyl sites for hydroxylation is 2. The highest BCUT2D eigenvalue weighted by Crippen LogP contribution is 2.22. The lowest BCUT2D eigenvalue weighted by atomic mass is 10.2. The number of aromatic nitrogens is 3. The van der Waals surface area contributed by atoms with Crippen molar-refractivity contribution in [2.45, 2.75) is 24.8 Å². The number of thioether (sulfide) groups is 1. The Morgan fingerprint density at radius 3 is 2.82 bits per heavy atom. The molecule has 1 N–H and O–H groups in total. The van der Waals surface area contributed by atoms with E-state index in [0.29, 0.717) is 5.16 Å². The molecule has 0 aliphatic heterocycles. The second-order valence-electron chi connectivity index (χ2n) is 3.74. The normalized spacial score (nSPS) is 10.5. The summed E-state index contributed by atoms with van der Waals surface area (Å²) in [6, 6.07) is 3.52. The first kappa shape index (κ1) is 11.9. The van der Waals surface area contributed by atoms with Crippen LogP contribution in [0.15, 0.2) is 29.7 Å². The van der Waals surface area contributed by atoms with Crippen molar-refractivity contribution >= 4 is 11.8 Å². The van der Waals surface area contributed by atoms with Crippen LogP contribution in [0.3, 0.4) is 0 Å². The van der Waals surface area contributed by atoms with Gasteiger partial charge in [0.05, 0.1) is 0 Å². The van der Waals surface area contributed by atoms with E-state index in [1.807, 2.05) is 26.1 Å². The van der Waals surface area contributed by atoms with E-state index in [0.717, 1.165) is 17.0 Å². The number of hydrogen-bond acceptors (Lipinski definition) is 5. The monoisotopic (exact) mass is 247 g/mol. The number of nitrogens with zero attached hydrogens (tertiary/aromatic N) is 3. The van der Waals surface area contributed by atoms with Crippen LogP contribution in [-0.4, -0.2) is 20.1 Å². The molecule has 0 aromatic carbocycles. The van der Waals surface area contributed by atoms with Crippen LogP contribution in [0.25, 0.3) is 0 Å². The smallest absolute Gasteiger partial charge is 0.215 e. The molecule has 4 nitrogen and oxygen atoms in total. The van der Waals surface area contributed by atoms with E-state index in [9.17, 15) is 5.11 Å². The first-order valence-corrected chi connectivity index (χ1v) is 6.20. The Kier molecular flexibility index (Phi) is 3.58. The van der Waals surface area contributed by atoms with Gasteiger partial charge in [-0.15, -0.1) is 0 Å². The summed E-state index contributed by atoms with van der Waals surface area (Å²) in [6.07, 6.45) is 3.62. The van der Waals surface area contributed by atoms with E-state index in [2.05, 4.69) is 15.0 Å². The zero-order valence-corrected chi connectivity index (χ0v) is 10.5. The van der Waals surface area contributed by atoms with Crippen molar-refractivity contribution < 1.29 is 5.11 Å². The van der Waals surface area contributed by atoms with Gasteiger partial charge in [0.2, 0.25) is 5.88 Å². The topological polar surface area (TPSA) is 58.9 Å². The maximum atomic E-state index is 9.37. The van der Waals surface area contributed by atoms with Crippen molar-refractivity contribution in [3.63, 3.8) is 0 Å². The zero-order chi connectivity index (χ0) is 12.3. The predicted octanol–water partition coefficient (Wildman–Crippen LogP) is 2.49. The van der Waals surface area contributed by atoms with Crippen molar-refractivity contribution in [2.75, 3.05) is 0 Å². The average Bonchev–Trinajstić information content (AvgIpc) is 2.27. The summed E-state index contributed by atoms with van der Waals surface area (Å²) in [6.45, 7) is 3.88. The maximum absolute atomic E-state index is 9.37. The third-order valence-electron chi connectivity index (χ3n) is 2.32. The molecule has 0 bridgehead atoms. The molecule has 2 aromatic heterocycles. The largest absolute Gasteiger partial charge is 0.493 e. The fourth-order valence-electron chi connectivity index (χ4n) is 1.38. The first-order chi connectivity index (χ1) is 8.15. The molecular formula is C12H13N3OS. The lowest BCUT2D eigenvalue weighted by molar-refractivity contribution is 0.444. The van der Waals surface area contributed by atoms with Gasteiger partial charge in [-0.05, 0) is 31.0 Å². The Bertz CT molecular complexity index is 511. The van der Waals surface area contributed by atoms with Gasteiger partial charge in [-0.2, -0.15) is 4.98 Å². The molecular weight excluding hydrogens is 234 g/mol. The van der Waals surface area contributed by atoms with Crippen LogP contribution in [0.5, 0.6) is 5.88 Å². The fraction of sp³-hybridized carbons (Fsp3) is 0.250. The molecule has 5 heteroatoms. The zero-order valence-electron chi connectivity index (χ0n) is 9.71. The maximum Gasteiger partial charge on any atom is 0.215 e. The standard InChI is InChI=1S/C12H13N3OS/c1-8-3-4-13-6-10(8)7-17-12-14-9(2)5-11(16)15-12/h3-6H,7H2,1-2H3,(H,14,15,16). The Labute approximate surface area is 104 Å². The minimum Gasteiger partial charge on any atom is -0.493 e. The van der Waals surface area contributed by atoms with Gasteiger partial charge in [-0.3, -0.25) is 4.98 Å². The number of rotatable bonds is 3. The van der Waals surface area contributed by atoms with Gasteiger partial charge in [0.15, 0.2) is 5.16 Å². The van der Waals surface area contributed by atoms with Crippen LogP contribution < -0.4 is 0 Å². The molecule has 0 radical (unpaired) electrons. The second kappa shape index (κ2) is 5.14.